The van der Waals surface area contributed by atoms with Crippen molar-refractivity contribution >= 4 is 37.3 Å². The molecule has 0 spiro atoms. The van der Waals surface area contributed by atoms with Crippen molar-refractivity contribution in [3.05, 3.63) is 53.6 Å². The van der Waals surface area contributed by atoms with E-state index < -0.39 is 20.0 Å². The lowest BCUT2D eigenvalue weighted by molar-refractivity contribution is 0.477. The first kappa shape index (κ1) is 18.2. The van der Waals surface area contributed by atoms with Crippen LogP contribution in [0.3, 0.4) is 0 Å². The summed E-state index contributed by atoms with van der Waals surface area (Å²) >= 11 is 5.78. The van der Waals surface area contributed by atoms with Crippen molar-refractivity contribution in [2.45, 2.75) is 22.6 Å². The molecule has 0 aromatic heterocycles. The summed E-state index contributed by atoms with van der Waals surface area (Å²) in [5.74, 6) is 0. The highest BCUT2D eigenvalue weighted by atomic mass is 35.5. The Morgan fingerprint density at radius 1 is 0.800 bits per heavy atom. The summed E-state index contributed by atoms with van der Waals surface area (Å²) in [5, 5.41) is 0.499. The fourth-order valence-electron chi connectivity index (χ4n) is 2.60. The van der Waals surface area contributed by atoms with Crippen LogP contribution in [0.4, 0.5) is 5.69 Å². The zero-order valence-electron chi connectivity index (χ0n) is 13.2. The molecule has 3 rings (SSSR count). The van der Waals surface area contributed by atoms with E-state index in [4.69, 9.17) is 11.6 Å². The molecule has 2 aromatic rings. The topological polar surface area (TPSA) is 83.5 Å². The zero-order valence-corrected chi connectivity index (χ0v) is 15.6. The van der Waals surface area contributed by atoms with Gasteiger partial charge in [0.25, 0.3) is 10.0 Å². The van der Waals surface area contributed by atoms with Gasteiger partial charge in [-0.25, -0.2) is 16.8 Å². The number of anilines is 1. The van der Waals surface area contributed by atoms with Crippen molar-refractivity contribution in [2.24, 2.45) is 0 Å². The van der Waals surface area contributed by atoms with E-state index in [2.05, 4.69) is 4.72 Å². The molecule has 0 amide bonds. The summed E-state index contributed by atoms with van der Waals surface area (Å²) in [6.45, 7) is 1.00. The third-order valence-corrected chi connectivity index (χ3v) is 7.50. The lowest BCUT2D eigenvalue weighted by Crippen LogP contribution is -2.27. The summed E-state index contributed by atoms with van der Waals surface area (Å²) in [6, 6.07) is 11.5. The Kier molecular flexibility index (Phi) is 5.06. The molecule has 0 aliphatic carbocycles. The quantitative estimate of drug-likeness (QED) is 0.836. The predicted molar refractivity (Wildman–Crippen MR) is 96.7 cm³/mol. The molecule has 25 heavy (non-hydrogen) atoms. The summed E-state index contributed by atoms with van der Waals surface area (Å²) in [7, 11) is -7.37. The molecule has 1 aliphatic heterocycles. The minimum absolute atomic E-state index is 0.0113. The van der Waals surface area contributed by atoms with Crippen molar-refractivity contribution in [1.29, 1.82) is 0 Å². The van der Waals surface area contributed by atoms with Crippen molar-refractivity contribution in [3.8, 4) is 0 Å². The van der Waals surface area contributed by atoms with E-state index in [9.17, 15) is 16.8 Å². The minimum atomic E-state index is -3.81. The Labute approximate surface area is 152 Å². The van der Waals surface area contributed by atoms with Crippen molar-refractivity contribution < 1.29 is 16.8 Å². The third-order valence-electron chi connectivity index (χ3n) is 3.93. The second-order valence-electron chi connectivity index (χ2n) is 5.69. The maximum absolute atomic E-state index is 12.5. The first-order valence-corrected chi connectivity index (χ1v) is 11.0. The first-order chi connectivity index (χ1) is 11.8. The van der Waals surface area contributed by atoms with Crippen LogP contribution in [0.2, 0.25) is 5.02 Å². The molecular formula is C16H17ClN2O4S2. The molecule has 1 fully saturated rings. The van der Waals surface area contributed by atoms with Crippen LogP contribution in [0, 0.1) is 0 Å². The van der Waals surface area contributed by atoms with Gasteiger partial charge in [0.2, 0.25) is 10.0 Å². The molecule has 134 valence electrons. The van der Waals surface area contributed by atoms with E-state index in [0.29, 0.717) is 23.8 Å². The van der Waals surface area contributed by atoms with Crippen LogP contribution in [-0.4, -0.2) is 34.2 Å². The Balaban J connectivity index is 1.82. The Morgan fingerprint density at radius 3 is 1.88 bits per heavy atom. The van der Waals surface area contributed by atoms with Crippen molar-refractivity contribution in [2.75, 3.05) is 17.8 Å². The number of nitrogens with one attached hydrogen (secondary N) is 1. The van der Waals surface area contributed by atoms with Crippen LogP contribution >= 0.6 is 11.6 Å². The molecular weight excluding hydrogens is 384 g/mol. The van der Waals surface area contributed by atoms with Crippen molar-refractivity contribution in [3.63, 3.8) is 0 Å². The highest BCUT2D eigenvalue weighted by molar-refractivity contribution is 7.92. The number of nitrogens with zero attached hydrogens (tertiary/aromatic N) is 1. The van der Waals surface area contributed by atoms with E-state index in [-0.39, 0.29) is 9.79 Å². The lowest BCUT2D eigenvalue weighted by Gasteiger charge is -2.15. The van der Waals surface area contributed by atoms with E-state index in [1.54, 1.807) is 24.3 Å². The number of rotatable bonds is 5. The van der Waals surface area contributed by atoms with Gasteiger partial charge in [-0.2, -0.15) is 4.31 Å². The highest BCUT2D eigenvalue weighted by Gasteiger charge is 2.27. The van der Waals surface area contributed by atoms with E-state index in [0.717, 1.165) is 12.8 Å². The molecule has 6 nitrogen and oxygen atoms in total. The molecule has 1 heterocycles. The van der Waals surface area contributed by atoms with Gasteiger partial charge in [0.1, 0.15) is 0 Å². The third kappa shape index (κ3) is 3.98. The number of benzene rings is 2. The molecule has 0 radical (unpaired) electrons. The van der Waals surface area contributed by atoms with E-state index in [1.165, 1.54) is 28.6 Å². The van der Waals surface area contributed by atoms with Crippen molar-refractivity contribution in [1.82, 2.24) is 4.31 Å². The van der Waals surface area contributed by atoms with Crippen LogP contribution in [0.25, 0.3) is 0 Å². The van der Waals surface area contributed by atoms with E-state index in [1.807, 2.05) is 0 Å². The van der Waals surface area contributed by atoms with Gasteiger partial charge in [-0.3, -0.25) is 4.72 Å². The van der Waals surface area contributed by atoms with Gasteiger partial charge in [0, 0.05) is 23.8 Å². The van der Waals surface area contributed by atoms with Gasteiger partial charge in [0.05, 0.1) is 9.79 Å². The fraction of sp³-hybridized carbons (Fsp3) is 0.250. The summed E-state index contributed by atoms with van der Waals surface area (Å²) in [5.41, 5.74) is 0.373. The van der Waals surface area contributed by atoms with Gasteiger partial charge < -0.3 is 0 Å². The van der Waals surface area contributed by atoms with Gasteiger partial charge in [-0.05, 0) is 61.4 Å². The van der Waals surface area contributed by atoms with Crippen LogP contribution in [0.1, 0.15) is 12.8 Å². The summed E-state index contributed by atoms with van der Waals surface area (Å²) in [4.78, 5) is 0.0858. The Morgan fingerprint density at radius 2 is 1.32 bits per heavy atom. The van der Waals surface area contributed by atoms with Crippen LogP contribution in [0.5, 0.6) is 0 Å². The smallest absolute Gasteiger partial charge is 0.261 e. The SMILES string of the molecule is O=S(=O)(Nc1ccc(Cl)cc1)c1ccc(S(=O)(=O)N2CCCC2)cc1. The van der Waals surface area contributed by atoms with Gasteiger partial charge >= 0.3 is 0 Å². The van der Waals surface area contributed by atoms with E-state index >= 15 is 0 Å². The number of sulfonamides is 2. The molecule has 0 unspecified atom stereocenters. The number of halogens is 1. The second kappa shape index (κ2) is 6.95. The normalized spacial score (nSPS) is 16.0. The number of hydrogen-bond acceptors (Lipinski definition) is 4. The monoisotopic (exact) mass is 400 g/mol. The lowest BCUT2D eigenvalue weighted by atomic mass is 10.3. The maximum Gasteiger partial charge on any atom is 0.261 e. The second-order valence-corrected chi connectivity index (χ2v) is 9.75. The fourth-order valence-corrected chi connectivity index (χ4v) is 5.30. The molecule has 2 aromatic carbocycles. The van der Waals surface area contributed by atoms with Crippen LogP contribution in [-0.2, 0) is 20.0 Å². The van der Waals surface area contributed by atoms with Crippen LogP contribution < -0.4 is 4.72 Å². The highest BCUT2D eigenvalue weighted by Crippen LogP contribution is 2.23. The first-order valence-electron chi connectivity index (χ1n) is 7.68. The van der Waals surface area contributed by atoms with Gasteiger partial charge in [-0.1, -0.05) is 11.6 Å². The Bertz CT molecular complexity index is 950. The molecule has 0 saturated carbocycles. The standard InChI is InChI=1S/C16H17ClN2O4S2/c17-13-3-5-14(6-4-13)18-24(20,21)15-7-9-16(10-8-15)25(22,23)19-11-1-2-12-19/h3-10,18H,1-2,11-12H2. The summed E-state index contributed by atoms with van der Waals surface area (Å²) < 4.78 is 53.6. The zero-order chi connectivity index (χ0) is 18.1. The maximum atomic E-state index is 12.5. The average molecular weight is 401 g/mol. The largest absolute Gasteiger partial charge is 0.280 e. The molecule has 1 saturated heterocycles. The number of hydrogen-bond donors (Lipinski definition) is 1. The Hall–Kier alpha value is -1.61. The summed E-state index contributed by atoms with van der Waals surface area (Å²) in [6.07, 6.45) is 1.69. The van der Waals surface area contributed by atoms with Crippen LogP contribution in [0.15, 0.2) is 58.3 Å². The van der Waals surface area contributed by atoms with Gasteiger partial charge in [-0.15, -0.1) is 0 Å². The predicted octanol–water partition coefficient (Wildman–Crippen LogP) is 2.93. The minimum Gasteiger partial charge on any atom is -0.280 e. The molecule has 0 atom stereocenters. The molecule has 1 aliphatic rings. The van der Waals surface area contributed by atoms with Gasteiger partial charge in [0.15, 0.2) is 0 Å². The molecule has 0 bridgehead atoms. The molecule has 1 N–H and O–H groups in total. The molecule has 9 heteroatoms. The average Bonchev–Trinajstić information content (AvgIpc) is 3.12.